The van der Waals surface area contributed by atoms with E-state index < -0.39 is 0 Å². The zero-order valence-corrected chi connectivity index (χ0v) is 10.1. The first kappa shape index (κ1) is 10.4. The molecule has 7 heteroatoms. The van der Waals surface area contributed by atoms with Gasteiger partial charge in [-0.3, -0.25) is 0 Å². The third-order valence-corrected chi connectivity index (χ3v) is 2.44. The molecule has 2 aromatic rings. The molecular weight excluding hydrogens is 281 g/mol. The molecule has 0 bridgehead atoms. The van der Waals surface area contributed by atoms with Crippen LogP contribution in [-0.2, 0) is 0 Å². The van der Waals surface area contributed by atoms with Crippen LogP contribution in [0.25, 0.3) is 5.82 Å². The molecule has 0 aromatic carbocycles. The molecule has 2 N–H and O–H groups in total. The molecule has 15 heavy (non-hydrogen) atoms. The van der Waals surface area contributed by atoms with E-state index in [1.807, 2.05) is 0 Å². The summed E-state index contributed by atoms with van der Waals surface area (Å²) < 4.78 is 2.38. The van der Waals surface area contributed by atoms with Gasteiger partial charge in [0.25, 0.3) is 0 Å². The largest absolute Gasteiger partial charge is 0.394 e. The van der Waals surface area contributed by atoms with Gasteiger partial charge in [0.05, 0.1) is 22.1 Å². The fourth-order valence-electron chi connectivity index (χ4n) is 1.12. The Balaban J connectivity index is 2.62. The Bertz CT molecular complexity index is 510. The molecule has 0 saturated carbocycles. The van der Waals surface area contributed by atoms with Gasteiger partial charge in [-0.15, -0.1) is 0 Å². The van der Waals surface area contributed by atoms with Crippen LogP contribution in [0.4, 0.5) is 5.69 Å². The van der Waals surface area contributed by atoms with E-state index in [0.717, 1.165) is 4.47 Å². The molecule has 0 atom stereocenters. The van der Waals surface area contributed by atoms with Gasteiger partial charge in [0, 0.05) is 6.20 Å². The molecule has 0 fully saturated rings. The van der Waals surface area contributed by atoms with Gasteiger partial charge < -0.3 is 5.73 Å². The predicted octanol–water partition coefficient (Wildman–Crippen LogP) is 1.97. The van der Waals surface area contributed by atoms with Crippen LogP contribution in [0.3, 0.4) is 0 Å². The normalized spacial score (nSPS) is 10.6. The SMILES string of the molecule is Cc1nc(Cl)nc(-n2cc(Br)cn2)c1N. The van der Waals surface area contributed by atoms with Gasteiger partial charge >= 0.3 is 0 Å². The van der Waals surface area contributed by atoms with Crippen LogP contribution < -0.4 is 5.73 Å². The molecule has 0 aliphatic heterocycles. The van der Waals surface area contributed by atoms with Crippen molar-refractivity contribution in [3.05, 3.63) is 27.8 Å². The number of anilines is 1. The zero-order chi connectivity index (χ0) is 11.0. The molecule has 0 amide bonds. The lowest BCUT2D eigenvalue weighted by atomic mass is 10.3. The average molecular weight is 289 g/mol. The predicted molar refractivity (Wildman–Crippen MR) is 61.0 cm³/mol. The number of hydrogen-bond donors (Lipinski definition) is 1. The third-order valence-electron chi connectivity index (χ3n) is 1.86. The maximum Gasteiger partial charge on any atom is 0.224 e. The number of aryl methyl sites for hydroxylation is 1. The Kier molecular flexibility index (Phi) is 2.62. The van der Waals surface area contributed by atoms with Crippen LogP contribution in [0.1, 0.15) is 5.69 Å². The molecule has 2 aromatic heterocycles. The number of halogens is 2. The summed E-state index contributed by atoms with van der Waals surface area (Å²) in [4.78, 5) is 7.97. The summed E-state index contributed by atoms with van der Waals surface area (Å²) in [6, 6.07) is 0. The molecule has 0 unspecified atom stereocenters. The molecule has 0 spiro atoms. The van der Waals surface area contributed by atoms with Crippen molar-refractivity contribution in [3.63, 3.8) is 0 Å². The summed E-state index contributed by atoms with van der Waals surface area (Å²) in [6.45, 7) is 1.77. The van der Waals surface area contributed by atoms with Crippen molar-refractivity contribution in [1.82, 2.24) is 19.7 Å². The van der Waals surface area contributed by atoms with Gasteiger partial charge in [-0.1, -0.05) is 0 Å². The van der Waals surface area contributed by atoms with E-state index in [1.165, 1.54) is 0 Å². The molecule has 5 nitrogen and oxygen atoms in total. The lowest BCUT2D eigenvalue weighted by molar-refractivity contribution is 0.839. The molecule has 0 saturated heterocycles. The first-order valence-corrected chi connectivity index (χ1v) is 5.25. The van der Waals surface area contributed by atoms with Crippen LogP contribution in [0, 0.1) is 6.92 Å². The quantitative estimate of drug-likeness (QED) is 0.815. The maximum absolute atomic E-state index is 5.83. The van der Waals surface area contributed by atoms with Gasteiger partial charge in [-0.25, -0.2) is 9.67 Å². The topological polar surface area (TPSA) is 69.6 Å². The molecule has 0 aliphatic carbocycles. The van der Waals surface area contributed by atoms with Crippen molar-refractivity contribution in [2.45, 2.75) is 6.92 Å². The fourth-order valence-corrected chi connectivity index (χ4v) is 1.62. The van der Waals surface area contributed by atoms with E-state index >= 15 is 0 Å². The highest BCUT2D eigenvalue weighted by molar-refractivity contribution is 9.10. The number of nitrogen functional groups attached to an aromatic ring is 1. The van der Waals surface area contributed by atoms with Gasteiger partial charge in [0.15, 0.2) is 5.82 Å². The van der Waals surface area contributed by atoms with Gasteiger partial charge in [-0.2, -0.15) is 10.1 Å². The summed E-state index contributed by atoms with van der Waals surface area (Å²) in [5.74, 6) is 0.484. The molecule has 0 aliphatic rings. The minimum atomic E-state index is 0.156. The second-order valence-corrected chi connectivity index (χ2v) is 4.17. The third kappa shape index (κ3) is 1.95. The lowest BCUT2D eigenvalue weighted by Crippen LogP contribution is -2.07. The van der Waals surface area contributed by atoms with Crippen LogP contribution in [0.15, 0.2) is 16.9 Å². The number of aromatic nitrogens is 4. The van der Waals surface area contributed by atoms with Crippen molar-refractivity contribution in [1.29, 1.82) is 0 Å². The second-order valence-electron chi connectivity index (χ2n) is 2.92. The Morgan fingerprint density at radius 3 is 2.80 bits per heavy atom. The van der Waals surface area contributed by atoms with Crippen LogP contribution in [0.2, 0.25) is 5.28 Å². The number of rotatable bonds is 1. The van der Waals surface area contributed by atoms with E-state index in [4.69, 9.17) is 17.3 Å². The molecule has 2 heterocycles. The van der Waals surface area contributed by atoms with Crippen molar-refractivity contribution < 1.29 is 0 Å². The molecule has 2 rings (SSSR count). The number of hydrogen-bond acceptors (Lipinski definition) is 4. The summed E-state index contributed by atoms with van der Waals surface area (Å²) in [6.07, 6.45) is 3.39. The Morgan fingerprint density at radius 2 is 2.20 bits per heavy atom. The van der Waals surface area contributed by atoms with Crippen molar-refractivity contribution in [2.75, 3.05) is 5.73 Å². The molecule has 78 valence electrons. The summed E-state index contributed by atoms with van der Waals surface area (Å²) in [5.41, 5.74) is 6.94. The number of nitrogens with two attached hydrogens (primary N) is 1. The summed E-state index contributed by atoms with van der Waals surface area (Å²) in [5, 5.41) is 4.23. The standard InChI is InChI=1S/C8H7BrClN5/c1-4-6(11)7(14-8(10)13-4)15-3-5(9)2-12-15/h2-3H,11H2,1H3. The van der Waals surface area contributed by atoms with E-state index in [0.29, 0.717) is 17.2 Å². The highest BCUT2D eigenvalue weighted by Crippen LogP contribution is 2.20. The zero-order valence-electron chi connectivity index (χ0n) is 7.78. The Labute approximate surface area is 99.4 Å². The smallest absolute Gasteiger partial charge is 0.224 e. The molecule has 0 radical (unpaired) electrons. The van der Waals surface area contributed by atoms with E-state index in [-0.39, 0.29) is 5.28 Å². The minimum absolute atomic E-state index is 0.156. The van der Waals surface area contributed by atoms with Crippen LogP contribution in [0.5, 0.6) is 0 Å². The Morgan fingerprint density at radius 1 is 1.47 bits per heavy atom. The van der Waals surface area contributed by atoms with Crippen molar-refractivity contribution in [2.24, 2.45) is 0 Å². The molecular formula is C8H7BrClN5. The van der Waals surface area contributed by atoms with Gasteiger partial charge in [0.1, 0.15) is 0 Å². The second kappa shape index (κ2) is 3.79. The first-order chi connectivity index (χ1) is 7.08. The minimum Gasteiger partial charge on any atom is -0.394 e. The van der Waals surface area contributed by atoms with E-state index in [9.17, 15) is 0 Å². The maximum atomic E-state index is 5.83. The fraction of sp³-hybridized carbons (Fsp3) is 0.125. The van der Waals surface area contributed by atoms with Gasteiger partial charge in [0.2, 0.25) is 5.28 Å². The van der Waals surface area contributed by atoms with Gasteiger partial charge in [-0.05, 0) is 34.5 Å². The van der Waals surface area contributed by atoms with Crippen LogP contribution >= 0.6 is 27.5 Å². The van der Waals surface area contributed by atoms with Crippen molar-refractivity contribution >= 4 is 33.2 Å². The lowest BCUT2D eigenvalue weighted by Gasteiger charge is -2.06. The highest BCUT2D eigenvalue weighted by Gasteiger charge is 2.10. The van der Waals surface area contributed by atoms with Crippen LogP contribution in [-0.4, -0.2) is 19.7 Å². The number of nitrogens with zero attached hydrogens (tertiary/aromatic N) is 4. The summed E-state index contributed by atoms with van der Waals surface area (Å²) >= 11 is 9.04. The first-order valence-electron chi connectivity index (χ1n) is 4.08. The van der Waals surface area contributed by atoms with Crippen molar-refractivity contribution in [3.8, 4) is 5.82 Å². The monoisotopic (exact) mass is 287 g/mol. The van der Waals surface area contributed by atoms with E-state index in [2.05, 4.69) is 31.0 Å². The highest BCUT2D eigenvalue weighted by atomic mass is 79.9. The Hall–Kier alpha value is -1.14. The summed E-state index contributed by atoms with van der Waals surface area (Å²) in [7, 11) is 0. The van der Waals surface area contributed by atoms with E-state index in [1.54, 1.807) is 24.0 Å². The average Bonchev–Trinajstić information content (AvgIpc) is 2.58.